The van der Waals surface area contributed by atoms with Crippen LogP contribution in [0.4, 0.5) is 0 Å². The van der Waals surface area contributed by atoms with Gasteiger partial charge in [0.1, 0.15) is 5.75 Å². The molecule has 5 heteroatoms. The summed E-state index contributed by atoms with van der Waals surface area (Å²) in [6.45, 7) is 7.11. The van der Waals surface area contributed by atoms with Crippen LogP contribution in [0.15, 0.2) is 29.8 Å². The fourth-order valence-electron chi connectivity index (χ4n) is 3.34. The van der Waals surface area contributed by atoms with Crippen molar-refractivity contribution in [3.8, 4) is 5.75 Å². The number of carbonyl (C=O) groups excluding carboxylic acids is 2. The maximum Gasteiger partial charge on any atom is 0.307 e. The molecule has 1 amide bonds. The first-order valence-corrected chi connectivity index (χ1v) is 10.3. The second kappa shape index (κ2) is 11.5. The highest BCUT2D eigenvalue weighted by Gasteiger charge is 2.17. The Hall–Kier alpha value is -2.30. The van der Waals surface area contributed by atoms with Crippen molar-refractivity contribution in [1.29, 1.82) is 0 Å². The number of nitrogens with zero attached hydrogens (tertiary/aromatic N) is 1. The monoisotopic (exact) mass is 387 g/mol. The van der Waals surface area contributed by atoms with Gasteiger partial charge >= 0.3 is 5.97 Å². The van der Waals surface area contributed by atoms with Crippen LogP contribution in [0, 0.1) is 13.8 Å². The van der Waals surface area contributed by atoms with Gasteiger partial charge in [-0.3, -0.25) is 9.59 Å². The van der Waals surface area contributed by atoms with Gasteiger partial charge < -0.3 is 14.4 Å². The Balaban J connectivity index is 1.94. The summed E-state index contributed by atoms with van der Waals surface area (Å²) in [5.41, 5.74) is 3.59. The number of benzene rings is 1. The summed E-state index contributed by atoms with van der Waals surface area (Å²) >= 11 is 0. The van der Waals surface area contributed by atoms with Gasteiger partial charge in [-0.1, -0.05) is 23.8 Å². The van der Waals surface area contributed by atoms with E-state index in [1.54, 1.807) is 11.8 Å². The molecule has 0 heterocycles. The van der Waals surface area contributed by atoms with Gasteiger partial charge in [-0.05, 0) is 70.1 Å². The highest BCUT2D eigenvalue weighted by atomic mass is 16.5. The van der Waals surface area contributed by atoms with E-state index < -0.39 is 0 Å². The zero-order chi connectivity index (χ0) is 20.4. The molecule has 0 fully saturated rings. The Bertz CT molecular complexity index is 696. The molecule has 0 radical (unpaired) electrons. The minimum atomic E-state index is -0.271. The molecule has 0 aromatic heterocycles. The van der Waals surface area contributed by atoms with Gasteiger partial charge in [0.25, 0.3) is 5.91 Å². The summed E-state index contributed by atoms with van der Waals surface area (Å²) in [4.78, 5) is 26.3. The molecule has 28 heavy (non-hydrogen) atoms. The van der Waals surface area contributed by atoms with Crippen molar-refractivity contribution < 1.29 is 19.1 Å². The Morgan fingerprint density at radius 2 is 1.96 bits per heavy atom. The number of aryl methyl sites for hydroxylation is 1. The first kappa shape index (κ1) is 22.0. The average molecular weight is 388 g/mol. The third-order valence-corrected chi connectivity index (χ3v) is 5.24. The van der Waals surface area contributed by atoms with E-state index in [0.717, 1.165) is 36.1 Å². The highest BCUT2D eigenvalue weighted by molar-refractivity contribution is 5.78. The molecule has 1 aliphatic carbocycles. The summed E-state index contributed by atoms with van der Waals surface area (Å²) in [5, 5.41) is 0. The summed E-state index contributed by atoms with van der Waals surface area (Å²) < 4.78 is 10.8. The maximum absolute atomic E-state index is 12.8. The molecule has 0 aliphatic heterocycles. The highest BCUT2D eigenvalue weighted by Crippen LogP contribution is 2.22. The molecule has 1 aromatic rings. The van der Waals surface area contributed by atoms with Crippen LogP contribution in [-0.4, -0.2) is 43.1 Å². The van der Waals surface area contributed by atoms with E-state index >= 15 is 0 Å². The summed E-state index contributed by atoms with van der Waals surface area (Å²) in [6, 6.07) is 5.83. The second-order valence-electron chi connectivity index (χ2n) is 7.28. The molecule has 0 spiro atoms. The van der Waals surface area contributed by atoms with E-state index in [-0.39, 0.29) is 24.9 Å². The lowest BCUT2D eigenvalue weighted by molar-refractivity contribution is -0.144. The van der Waals surface area contributed by atoms with Crippen molar-refractivity contribution in [3.63, 3.8) is 0 Å². The van der Waals surface area contributed by atoms with Crippen molar-refractivity contribution in [2.24, 2.45) is 0 Å². The van der Waals surface area contributed by atoms with Crippen molar-refractivity contribution in [2.75, 3.05) is 26.3 Å². The Labute approximate surface area is 168 Å². The van der Waals surface area contributed by atoms with Crippen LogP contribution in [0.5, 0.6) is 5.75 Å². The van der Waals surface area contributed by atoms with Crippen LogP contribution >= 0.6 is 0 Å². The van der Waals surface area contributed by atoms with Gasteiger partial charge in [0.05, 0.1) is 13.0 Å². The predicted molar refractivity (Wildman–Crippen MR) is 110 cm³/mol. The fourth-order valence-corrected chi connectivity index (χ4v) is 3.34. The standard InChI is InChI=1S/C23H33NO4/c1-4-27-23(26)14-16-24(15-13-20-10-6-5-7-11-20)22(25)17-28-21-12-8-9-18(2)19(21)3/h8-10,12H,4-7,11,13-17H2,1-3H3. The van der Waals surface area contributed by atoms with E-state index in [1.807, 2.05) is 32.0 Å². The van der Waals surface area contributed by atoms with Crippen LogP contribution in [-0.2, 0) is 14.3 Å². The lowest BCUT2D eigenvalue weighted by Crippen LogP contribution is -2.37. The van der Waals surface area contributed by atoms with Crippen LogP contribution in [0.25, 0.3) is 0 Å². The molecule has 0 atom stereocenters. The molecule has 0 unspecified atom stereocenters. The van der Waals surface area contributed by atoms with Crippen molar-refractivity contribution in [3.05, 3.63) is 41.0 Å². The molecular weight excluding hydrogens is 354 g/mol. The van der Waals surface area contributed by atoms with Gasteiger partial charge in [-0.2, -0.15) is 0 Å². The molecule has 1 aliphatic rings. The minimum absolute atomic E-state index is 0.0217. The smallest absolute Gasteiger partial charge is 0.307 e. The number of carbonyl (C=O) groups is 2. The quantitative estimate of drug-likeness (QED) is 0.442. The summed E-state index contributed by atoms with van der Waals surface area (Å²) in [7, 11) is 0. The number of amides is 1. The Morgan fingerprint density at radius 3 is 2.68 bits per heavy atom. The zero-order valence-electron chi connectivity index (χ0n) is 17.5. The third kappa shape index (κ3) is 7.02. The Morgan fingerprint density at radius 1 is 1.14 bits per heavy atom. The summed E-state index contributed by atoms with van der Waals surface area (Å²) in [6.07, 6.45) is 8.07. The van der Waals surface area contributed by atoms with Crippen LogP contribution in [0.3, 0.4) is 0 Å². The van der Waals surface area contributed by atoms with E-state index in [2.05, 4.69) is 6.08 Å². The lowest BCUT2D eigenvalue weighted by Gasteiger charge is -2.24. The predicted octanol–water partition coefficient (Wildman–Crippen LogP) is 4.35. The average Bonchev–Trinajstić information content (AvgIpc) is 2.70. The van der Waals surface area contributed by atoms with Crippen molar-refractivity contribution in [2.45, 2.75) is 59.3 Å². The minimum Gasteiger partial charge on any atom is -0.483 e. The topological polar surface area (TPSA) is 55.8 Å². The molecular formula is C23H33NO4. The number of hydrogen-bond acceptors (Lipinski definition) is 4. The lowest BCUT2D eigenvalue weighted by atomic mass is 9.97. The fraction of sp³-hybridized carbons (Fsp3) is 0.565. The van der Waals surface area contributed by atoms with Crippen molar-refractivity contribution in [1.82, 2.24) is 4.90 Å². The van der Waals surface area contributed by atoms with E-state index in [1.165, 1.54) is 18.4 Å². The molecule has 0 bridgehead atoms. The van der Waals surface area contributed by atoms with Crippen LogP contribution in [0.1, 0.15) is 56.6 Å². The third-order valence-electron chi connectivity index (χ3n) is 5.24. The first-order chi connectivity index (χ1) is 13.5. The number of allylic oxidation sites excluding steroid dienone is 1. The van der Waals surface area contributed by atoms with E-state index in [9.17, 15) is 9.59 Å². The number of rotatable bonds is 10. The van der Waals surface area contributed by atoms with Gasteiger partial charge in [0.15, 0.2) is 6.61 Å². The molecule has 154 valence electrons. The Kier molecular flexibility index (Phi) is 9.05. The van der Waals surface area contributed by atoms with E-state index in [4.69, 9.17) is 9.47 Å². The molecule has 0 N–H and O–H groups in total. The van der Waals surface area contributed by atoms with Gasteiger partial charge in [-0.25, -0.2) is 0 Å². The zero-order valence-corrected chi connectivity index (χ0v) is 17.5. The molecule has 5 nitrogen and oxygen atoms in total. The largest absolute Gasteiger partial charge is 0.483 e. The maximum atomic E-state index is 12.8. The SMILES string of the molecule is CCOC(=O)CCN(CCC1=CCCCC1)C(=O)COc1cccc(C)c1C. The molecule has 2 rings (SSSR count). The normalized spacial score (nSPS) is 13.6. The number of ether oxygens (including phenoxy) is 2. The van der Waals surface area contributed by atoms with Crippen LogP contribution < -0.4 is 4.74 Å². The summed E-state index contributed by atoms with van der Waals surface area (Å²) in [5.74, 6) is 0.364. The van der Waals surface area contributed by atoms with Crippen LogP contribution in [0.2, 0.25) is 0 Å². The first-order valence-electron chi connectivity index (χ1n) is 10.3. The number of hydrogen-bond donors (Lipinski definition) is 0. The molecule has 0 saturated heterocycles. The molecule has 1 aromatic carbocycles. The second-order valence-corrected chi connectivity index (χ2v) is 7.28. The van der Waals surface area contributed by atoms with Crippen molar-refractivity contribution >= 4 is 11.9 Å². The van der Waals surface area contributed by atoms with Gasteiger partial charge in [0, 0.05) is 13.1 Å². The molecule has 0 saturated carbocycles. The van der Waals surface area contributed by atoms with Gasteiger partial charge in [0.2, 0.25) is 0 Å². The number of esters is 1. The van der Waals surface area contributed by atoms with Gasteiger partial charge in [-0.15, -0.1) is 0 Å². The van der Waals surface area contributed by atoms with E-state index in [0.29, 0.717) is 19.7 Å².